The minimum Gasteiger partial charge on any atom is -0.298 e. The Morgan fingerprint density at radius 2 is 1.60 bits per heavy atom. The molecule has 20 heavy (non-hydrogen) atoms. The second kappa shape index (κ2) is 6.36. The van der Waals surface area contributed by atoms with E-state index in [-0.39, 0.29) is 0 Å². The third-order valence-corrected chi connectivity index (χ3v) is 6.39. The fourth-order valence-electron chi connectivity index (χ4n) is 5.02. The number of piperazine rings is 1. The van der Waals surface area contributed by atoms with E-state index in [0.29, 0.717) is 0 Å². The summed E-state index contributed by atoms with van der Waals surface area (Å²) < 4.78 is 0. The summed E-state index contributed by atoms with van der Waals surface area (Å²) in [5, 5.41) is 0. The van der Waals surface area contributed by atoms with Crippen LogP contribution in [0.5, 0.6) is 0 Å². The lowest BCUT2D eigenvalue weighted by molar-refractivity contribution is -0.0165. The summed E-state index contributed by atoms with van der Waals surface area (Å²) >= 11 is 0. The van der Waals surface area contributed by atoms with Crippen molar-refractivity contribution in [1.29, 1.82) is 0 Å². The molecule has 0 bridgehead atoms. The van der Waals surface area contributed by atoms with Gasteiger partial charge in [0.1, 0.15) is 0 Å². The molecule has 0 aromatic rings. The van der Waals surface area contributed by atoms with E-state index in [1.165, 1.54) is 64.6 Å². The molecule has 2 saturated heterocycles. The zero-order valence-corrected chi connectivity index (χ0v) is 13.9. The molecule has 2 aliphatic heterocycles. The fourth-order valence-corrected chi connectivity index (χ4v) is 5.02. The highest BCUT2D eigenvalue weighted by molar-refractivity contribution is 4.96. The molecule has 3 rings (SSSR count). The van der Waals surface area contributed by atoms with Crippen LogP contribution in [0.1, 0.15) is 65.7 Å². The monoisotopic (exact) mass is 278 g/mol. The lowest BCUT2D eigenvalue weighted by Crippen LogP contribution is -2.61. The van der Waals surface area contributed by atoms with Gasteiger partial charge in [-0.3, -0.25) is 9.80 Å². The van der Waals surface area contributed by atoms with Gasteiger partial charge in [0.2, 0.25) is 0 Å². The highest BCUT2D eigenvalue weighted by Gasteiger charge is 2.40. The highest BCUT2D eigenvalue weighted by atomic mass is 15.3. The summed E-state index contributed by atoms with van der Waals surface area (Å²) in [4.78, 5) is 5.71. The Hall–Kier alpha value is -0.0800. The van der Waals surface area contributed by atoms with Gasteiger partial charge in [0.15, 0.2) is 0 Å². The standard InChI is InChI=1S/C18H34N2/c1-14(2)18-13-19-11-7-10-17(19)12-20(18)15(3)16-8-5-4-6-9-16/h14-18H,4-13H2,1-3H3. The predicted molar refractivity (Wildman–Crippen MR) is 86.0 cm³/mol. The van der Waals surface area contributed by atoms with E-state index < -0.39 is 0 Å². The molecule has 0 radical (unpaired) electrons. The maximum Gasteiger partial charge on any atom is 0.0249 e. The SMILES string of the molecule is CC(C)C1CN2CCCC2CN1C(C)C1CCCCC1. The summed E-state index contributed by atoms with van der Waals surface area (Å²) in [6.45, 7) is 11.4. The summed E-state index contributed by atoms with van der Waals surface area (Å²) in [7, 11) is 0. The smallest absolute Gasteiger partial charge is 0.0249 e. The van der Waals surface area contributed by atoms with Crippen LogP contribution in [0.15, 0.2) is 0 Å². The minimum absolute atomic E-state index is 0.793. The Kier molecular flexibility index (Phi) is 4.72. The summed E-state index contributed by atoms with van der Waals surface area (Å²) in [5.41, 5.74) is 0. The van der Waals surface area contributed by atoms with Crippen molar-refractivity contribution in [3.05, 3.63) is 0 Å². The van der Waals surface area contributed by atoms with E-state index in [4.69, 9.17) is 0 Å². The molecule has 2 nitrogen and oxygen atoms in total. The third kappa shape index (κ3) is 2.92. The topological polar surface area (TPSA) is 6.48 Å². The summed E-state index contributed by atoms with van der Waals surface area (Å²) in [6, 6.07) is 2.47. The molecule has 0 amide bonds. The van der Waals surface area contributed by atoms with Gasteiger partial charge in [0.05, 0.1) is 0 Å². The molecule has 2 heteroatoms. The summed E-state index contributed by atoms with van der Waals surface area (Å²) in [5.74, 6) is 1.76. The molecular formula is C18H34N2. The molecule has 3 atom stereocenters. The van der Waals surface area contributed by atoms with E-state index >= 15 is 0 Å². The molecule has 0 N–H and O–H groups in total. The minimum atomic E-state index is 0.793. The fraction of sp³-hybridized carbons (Fsp3) is 1.00. The first kappa shape index (κ1) is 14.8. The molecule has 0 spiro atoms. The van der Waals surface area contributed by atoms with Crippen molar-refractivity contribution in [3.63, 3.8) is 0 Å². The van der Waals surface area contributed by atoms with Crippen LogP contribution in [0, 0.1) is 11.8 Å². The van der Waals surface area contributed by atoms with Crippen LogP contribution < -0.4 is 0 Å². The first-order chi connectivity index (χ1) is 9.66. The number of fused-ring (bicyclic) bond motifs is 1. The van der Waals surface area contributed by atoms with Gasteiger partial charge in [-0.1, -0.05) is 33.1 Å². The van der Waals surface area contributed by atoms with Gasteiger partial charge in [-0.2, -0.15) is 0 Å². The zero-order chi connectivity index (χ0) is 14.1. The van der Waals surface area contributed by atoms with Gasteiger partial charge in [-0.15, -0.1) is 0 Å². The van der Waals surface area contributed by atoms with E-state index in [2.05, 4.69) is 30.6 Å². The molecule has 3 unspecified atom stereocenters. The van der Waals surface area contributed by atoms with Crippen LogP contribution in [0.3, 0.4) is 0 Å². The van der Waals surface area contributed by atoms with E-state index in [0.717, 1.165) is 30.0 Å². The van der Waals surface area contributed by atoms with Crippen molar-refractivity contribution >= 4 is 0 Å². The number of hydrogen-bond donors (Lipinski definition) is 0. The summed E-state index contributed by atoms with van der Waals surface area (Å²) in [6.07, 6.45) is 10.3. The lowest BCUT2D eigenvalue weighted by atomic mass is 9.82. The zero-order valence-electron chi connectivity index (χ0n) is 13.9. The van der Waals surface area contributed by atoms with Crippen molar-refractivity contribution in [1.82, 2.24) is 9.80 Å². The molecule has 0 aromatic heterocycles. The maximum atomic E-state index is 2.92. The Balaban J connectivity index is 1.70. The van der Waals surface area contributed by atoms with Crippen molar-refractivity contribution in [2.45, 2.75) is 83.8 Å². The predicted octanol–water partition coefficient (Wildman–Crippen LogP) is 3.76. The molecular weight excluding hydrogens is 244 g/mol. The highest BCUT2D eigenvalue weighted by Crippen LogP contribution is 2.34. The Bertz CT molecular complexity index is 309. The van der Waals surface area contributed by atoms with Crippen LogP contribution in [0.4, 0.5) is 0 Å². The lowest BCUT2D eigenvalue weighted by Gasteiger charge is -2.50. The van der Waals surface area contributed by atoms with Crippen LogP contribution in [-0.4, -0.2) is 47.6 Å². The van der Waals surface area contributed by atoms with Gasteiger partial charge in [0, 0.05) is 31.2 Å². The quantitative estimate of drug-likeness (QED) is 0.775. The van der Waals surface area contributed by atoms with Gasteiger partial charge < -0.3 is 0 Å². The average molecular weight is 278 g/mol. The maximum absolute atomic E-state index is 2.92. The van der Waals surface area contributed by atoms with Crippen molar-refractivity contribution < 1.29 is 0 Å². The molecule has 0 aromatic carbocycles. The Labute approximate surface area is 125 Å². The van der Waals surface area contributed by atoms with Crippen LogP contribution in [0.2, 0.25) is 0 Å². The molecule has 1 saturated carbocycles. The molecule has 3 fully saturated rings. The number of hydrogen-bond acceptors (Lipinski definition) is 2. The first-order valence-corrected chi connectivity index (χ1v) is 9.16. The largest absolute Gasteiger partial charge is 0.298 e. The van der Waals surface area contributed by atoms with Crippen molar-refractivity contribution in [2.24, 2.45) is 11.8 Å². The van der Waals surface area contributed by atoms with E-state index in [9.17, 15) is 0 Å². The van der Waals surface area contributed by atoms with Crippen LogP contribution in [-0.2, 0) is 0 Å². The van der Waals surface area contributed by atoms with Gasteiger partial charge in [0.25, 0.3) is 0 Å². The molecule has 1 aliphatic carbocycles. The first-order valence-electron chi connectivity index (χ1n) is 9.16. The van der Waals surface area contributed by atoms with E-state index in [1.807, 2.05) is 0 Å². The normalized spacial score (nSPS) is 35.4. The second-order valence-corrected chi connectivity index (χ2v) is 7.94. The van der Waals surface area contributed by atoms with Crippen LogP contribution >= 0.6 is 0 Å². The third-order valence-electron chi connectivity index (χ3n) is 6.39. The Morgan fingerprint density at radius 3 is 2.30 bits per heavy atom. The Morgan fingerprint density at radius 1 is 0.850 bits per heavy atom. The average Bonchev–Trinajstić information content (AvgIpc) is 2.93. The second-order valence-electron chi connectivity index (χ2n) is 7.94. The molecule has 116 valence electrons. The van der Waals surface area contributed by atoms with E-state index in [1.54, 1.807) is 0 Å². The molecule has 2 heterocycles. The number of rotatable bonds is 3. The van der Waals surface area contributed by atoms with Crippen molar-refractivity contribution in [3.8, 4) is 0 Å². The van der Waals surface area contributed by atoms with Crippen molar-refractivity contribution in [2.75, 3.05) is 19.6 Å². The van der Waals surface area contributed by atoms with Gasteiger partial charge >= 0.3 is 0 Å². The molecule has 3 aliphatic rings. The van der Waals surface area contributed by atoms with Crippen LogP contribution in [0.25, 0.3) is 0 Å². The van der Waals surface area contributed by atoms with Gasteiger partial charge in [-0.05, 0) is 51.0 Å². The number of nitrogens with zero attached hydrogens (tertiary/aromatic N) is 2. The van der Waals surface area contributed by atoms with Gasteiger partial charge in [-0.25, -0.2) is 0 Å².